The molecule has 8 N–H and O–H groups in total. The predicted octanol–water partition coefficient (Wildman–Crippen LogP) is 2.25. The van der Waals surface area contributed by atoms with Gasteiger partial charge < -0.3 is 59.8 Å². The topological polar surface area (TPSA) is 267 Å². The van der Waals surface area contributed by atoms with Crippen molar-refractivity contribution in [3.8, 4) is 0 Å². The van der Waals surface area contributed by atoms with Crippen molar-refractivity contribution >= 4 is 23.7 Å². The maximum atomic E-state index is 14.8. The van der Waals surface area contributed by atoms with Gasteiger partial charge in [0.2, 0.25) is 0 Å². The van der Waals surface area contributed by atoms with E-state index in [2.05, 4.69) is 27.7 Å². The summed E-state index contributed by atoms with van der Waals surface area (Å²) in [7, 11) is 0. The second-order valence-corrected chi connectivity index (χ2v) is 20.6. The van der Waals surface area contributed by atoms with Crippen molar-refractivity contribution in [2.75, 3.05) is 0 Å². The van der Waals surface area contributed by atoms with Gasteiger partial charge in [-0.3, -0.25) is 9.59 Å². The van der Waals surface area contributed by atoms with Crippen molar-refractivity contribution in [1.29, 1.82) is 0 Å². The van der Waals surface area contributed by atoms with Crippen LogP contribution in [0.5, 0.6) is 0 Å². The highest BCUT2D eigenvalue weighted by molar-refractivity contribution is 5.95. The Kier molecular flexibility index (Phi) is 10.7. The first-order valence-electron chi connectivity index (χ1n) is 20.7. The third-order valence-electron chi connectivity index (χ3n) is 17.2. The molecule has 0 spiro atoms. The lowest BCUT2D eigenvalue weighted by Crippen LogP contribution is -2.68. The number of aliphatic hydroxyl groups excluding tert-OH is 5. The van der Waals surface area contributed by atoms with Gasteiger partial charge in [-0.1, -0.05) is 47.1 Å². The Morgan fingerprint density at radius 1 is 0.690 bits per heavy atom. The molecule has 1 unspecified atom stereocenters. The van der Waals surface area contributed by atoms with E-state index in [9.17, 15) is 60.0 Å². The van der Waals surface area contributed by atoms with Crippen molar-refractivity contribution in [2.45, 2.75) is 174 Å². The van der Waals surface area contributed by atoms with Gasteiger partial charge in [0, 0.05) is 5.92 Å². The molecule has 2 aliphatic heterocycles. The molecule has 0 aromatic rings. The third kappa shape index (κ3) is 6.25. The molecular formula is C42H62O16. The lowest BCUT2D eigenvalue weighted by Gasteiger charge is -2.70. The van der Waals surface area contributed by atoms with E-state index in [1.807, 2.05) is 26.8 Å². The van der Waals surface area contributed by atoms with Crippen LogP contribution in [0.25, 0.3) is 0 Å². The molecule has 19 atom stereocenters. The first-order valence-corrected chi connectivity index (χ1v) is 20.7. The first-order chi connectivity index (χ1) is 26.8. The Hall–Kier alpha value is -2.54. The van der Waals surface area contributed by atoms with Crippen LogP contribution in [0.1, 0.15) is 106 Å². The standard InChI is InChI=1S/C42H62O16/c1-37(2)21-8-11-42(7)31(20(43)16-18-19-17-39(4,36(53)54)13-12-38(19,3)14-15-41(18,42)6)40(21,5)10-9-22(37)55-35-30(26(47)25(46)29(57-35)33(51)52)58-34-27(48)23(44)24(45)28(56-34)32(49)50/h16,19,21-31,34-35,44-48H,8-15,17H2,1-7H3,(H,49,50)(H,51,52)(H,53,54)/t19-,21-,22-,23-,24-,25-,26-,27+,28-,29-,30+,31+,34-,35?,38+,39-,40-,41-,42+/m0/s1. The lowest BCUT2D eigenvalue weighted by molar-refractivity contribution is -0.371. The smallest absolute Gasteiger partial charge is 0.335 e. The molecule has 0 radical (unpaired) electrons. The van der Waals surface area contributed by atoms with Gasteiger partial charge >= 0.3 is 17.9 Å². The van der Waals surface area contributed by atoms with Gasteiger partial charge in [0.15, 0.2) is 30.6 Å². The number of carboxylic acids is 3. The van der Waals surface area contributed by atoms with Gasteiger partial charge in [0.1, 0.15) is 36.6 Å². The van der Waals surface area contributed by atoms with Gasteiger partial charge in [-0.2, -0.15) is 0 Å². The Morgan fingerprint density at radius 3 is 1.88 bits per heavy atom. The number of fused-ring (bicyclic) bond motifs is 7. The Bertz CT molecular complexity index is 1730. The lowest BCUT2D eigenvalue weighted by atomic mass is 9.33. The molecule has 6 fully saturated rings. The minimum absolute atomic E-state index is 0.0217. The van der Waals surface area contributed by atoms with Crippen LogP contribution in [-0.2, 0) is 38.1 Å². The highest BCUT2D eigenvalue weighted by Gasteiger charge is 2.71. The largest absolute Gasteiger partial charge is 0.481 e. The Labute approximate surface area is 337 Å². The van der Waals surface area contributed by atoms with Crippen LogP contribution in [0.3, 0.4) is 0 Å². The molecule has 58 heavy (non-hydrogen) atoms. The molecule has 2 heterocycles. The molecule has 0 aromatic heterocycles. The number of ketones is 1. The minimum Gasteiger partial charge on any atom is -0.481 e. The fourth-order valence-corrected chi connectivity index (χ4v) is 13.4. The van der Waals surface area contributed by atoms with Crippen molar-refractivity contribution in [2.24, 2.45) is 50.2 Å². The van der Waals surface area contributed by atoms with E-state index in [-0.39, 0.29) is 34.4 Å². The number of carboxylic acid groups (broad SMARTS) is 3. The molecule has 16 heteroatoms. The number of carbonyl (C=O) groups excluding carboxylic acids is 1. The summed E-state index contributed by atoms with van der Waals surface area (Å²) in [5.41, 5.74) is -1.81. The van der Waals surface area contributed by atoms with Gasteiger partial charge in [0.25, 0.3) is 0 Å². The van der Waals surface area contributed by atoms with Crippen molar-refractivity contribution in [3.63, 3.8) is 0 Å². The fourth-order valence-electron chi connectivity index (χ4n) is 13.4. The highest BCUT2D eigenvalue weighted by atomic mass is 16.8. The van der Waals surface area contributed by atoms with E-state index in [1.54, 1.807) is 0 Å². The normalized spacial score (nSPS) is 52.6. The van der Waals surface area contributed by atoms with Crippen molar-refractivity contribution in [1.82, 2.24) is 0 Å². The zero-order valence-corrected chi connectivity index (χ0v) is 34.4. The number of allylic oxidation sites excluding steroid dienone is 2. The van der Waals surface area contributed by atoms with E-state index in [1.165, 1.54) is 0 Å². The van der Waals surface area contributed by atoms with Crippen LogP contribution in [0, 0.1) is 50.2 Å². The third-order valence-corrected chi connectivity index (χ3v) is 17.2. The molecule has 0 amide bonds. The van der Waals surface area contributed by atoms with Crippen LogP contribution < -0.4 is 0 Å². The highest BCUT2D eigenvalue weighted by Crippen LogP contribution is 2.75. The van der Waals surface area contributed by atoms with Crippen LogP contribution in [0.15, 0.2) is 11.6 Å². The Morgan fingerprint density at radius 2 is 1.28 bits per heavy atom. The Balaban J connectivity index is 1.17. The summed E-state index contributed by atoms with van der Waals surface area (Å²) in [6.45, 7) is 14.8. The molecule has 5 aliphatic carbocycles. The quantitative estimate of drug-likeness (QED) is 0.171. The summed E-state index contributed by atoms with van der Waals surface area (Å²) in [6, 6.07) is 0. The van der Waals surface area contributed by atoms with E-state index in [4.69, 9.17) is 18.9 Å². The average molecular weight is 823 g/mol. The number of aliphatic hydroxyl groups is 5. The van der Waals surface area contributed by atoms with Gasteiger partial charge in [-0.15, -0.1) is 0 Å². The molecule has 0 aromatic carbocycles. The molecule has 7 rings (SSSR count). The van der Waals surface area contributed by atoms with Crippen LogP contribution in [0.2, 0.25) is 0 Å². The first kappa shape index (κ1) is 43.5. The summed E-state index contributed by atoms with van der Waals surface area (Å²) in [6.07, 6.45) is -12.2. The van der Waals surface area contributed by atoms with E-state index in [0.717, 1.165) is 37.7 Å². The monoisotopic (exact) mass is 822 g/mol. The predicted molar refractivity (Wildman–Crippen MR) is 199 cm³/mol. The maximum absolute atomic E-state index is 14.8. The van der Waals surface area contributed by atoms with Crippen molar-refractivity contribution in [3.05, 3.63) is 11.6 Å². The summed E-state index contributed by atoms with van der Waals surface area (Å²) in [5.74, 6) is -4.47. The van der Waals surface area contributed by atoms with Gasteiger partial charge in [-0.25, -0.2) is 9.59 Å². The molecule has 7 aliphatic rings. The SMILES string of the molecule is CC1(C)[C@@H](OC2O[C@H](C(=O)O)[C@@H](O)[C@H](O)[C@H]2O[C@@H]2O[C@H](C(=O)O)[C@@H](O)[C@H](O)[C@H]2O)CC[C@]2(C)[C@H]3C(=O)C=C4[C@@H]5C[C@@](C)(C(=O)O)CC[C@]5(C)CC[C@]4(C)[C@]3(C)CC[C@@H]12. The number of ether oxygens (including phenoxy) is 4. The summed E-state index contributed by atoms with van der Waals surface area (Å²) >= 11 is 0. The minimum atomic E-state index is -2.05. The maximum Gasteiger partial charge on any atom is 0.335 e. The number of hydrogen-bond donors (Lipinski definition) is 8. The summed E-state index contributed by atoms with van der Waals surface area (Å²) in [4.78, 5) is 51.3. The molecule has 0 bridgehead atoms. The van der Waals surface area contributed by atoms with Gasteiger partial charge in [-0.05, 0) is 110 Å². The van der Waals surface area contributed by atoms with Crippen LogP contribution in [0.4, 0.5) is 0 Å². The molecule has 2 saturated heterocycles. The summed E-state index contributed by atoms with van der Waals surface area (Å²) in [5, 5.41) is 83.0. The van der Waals surface area contributed by atoms with Gasteiger partial charge in [0.05, 0.1) is 11.5 Å². The molecule has 16 nitrogen and oxygen atoms in total. The average Bonchev–Trinajstić information content (AvgIpc) is 3.13. The van der Waals surface area contributed by atoms with Crippen LogP contribution >= 0.6 is 0 Å². The summed E-state index contributed by atoms with van der Waals surface area (Å²) < 4.78 is 23.4. The number of aliphatic carboxylic acids is 3. The zero-order valence-electron chi connectivity index (χ0n) is 34.4. The van der Waals surface area contributed by atoms with E-state index in [0.29, 0.717) is 25.7 Å². The zero-order chi connectivity index (χ0) is 42.9. The van der Waals surface area contributed by atoms with Crippen LogP contribution in [-0.4, -0.2) is 132 Å². The molecule has 4 saturated carbocycles. The number of rotatable bonds is 7. The number of carbonyl (C=O) groups is 4. The second-order valence-electron chi connectivity index (χ2n) is 20.6. The second kappa shape index (κ2) is 14.3. The number of hydrogen-bond acceptors (Lipinski definition) is 13. The fraction of sp³-hybridized carbons (Fsp3) is 0.857. The van der Waals surface area contributed by atoms with E-state index < -0.39 is 107 Å². The van der Waals surface area contributed by atoms with E-state index >= 15 is 0 Å². The molecular weight excluding hydrogens is 760 g/mol. The molecule has 326 valence electrons. The van der Waals surface area contributed by atoms with Crippen molar-refractivity contribution < 1.29 is 79.0 Å².